The predicted molar refractivity (Wildman–Crippen MR) is 92.7 cm³/mol. The number of benzene rings is 1. The Labute approximate surface area is 131 Å². The molecule has 1 saturated carbocycles. The zero-order chi connectivity index (χ0) is 15.3. The van der Waals surface area contributed by atoms with Gasteiger partial charge in [-0.15, -0.1) is 0 Å². The summed E-state index contributed by atoms with van der Waals surface area (Å²) in [5.74, 6) is 0.815. The monoisotopic (exact) mass is 287 g/mol. The Bertz CT molecular complexity index is 418. The number of hydrogen-bond acceptors (Lipinski definition) is 1. The second kappa shape index (κ2) is 7.45. The lowest BCUT2D eigenvalue weighted by molar-refractivity contribution is 0.195. The Morgan fingerprint density at radius 3 is 2.33 bits per heavy atom. The molecule has 1 nitrogen and oxygen atoms in total. The van der Waals surface area contributed by atoms with Crippen LogP contribution in [0.5, 0.6) is 0 Å². The van der Waals surface area contributed by atoms with E-state index in [1.165, 1.54) is 43.2 Å². The van der Waals surface area contributed by atoms with Crippen LogP contribution in [0.15, 0.2) is 24.3 Å². The van der Waals surface area contributed by atoms with Gasteiger partial charge in [0.2, 0.25) is 0 Å². The van der Waals surface area contributed by atoms with Gasteiger partial charge >= 0.3 is 0 Å². The highest BCUT2D eigenvalue weighted by Crippen LogP contribution is 2.44. The lowest BCUT2D eigenvalue weighted by Crippen LogP contribution is -2.42. The van der Waals surface area contributed by atoms with E-state index in [0.29, 0.717) is 11.5 Å². The van der Waals surface area contributed by atoms with Crippen molar-refractivity contribution in [2.45, 2.75) is 72.3 Å². The van der Waals surface area contributed by atoms with E-state index in [4.69, 9.17) is 0 Å². The molecule has 0 amide bonds. The molecule has 0 aliphatic heterocycles. The minimum Gasteiger partial charge on any atom is -0.313 e. The number of rotatable bonds is 7. The van der Waals surface area contributed by atoms with Gasteiger partial charge in [0.25, 0.3) is 0 Å². The predicted octanol–water partition coefficient (Wildman–Crippen LogP) is 4.99. The van der Waals surface area contributed by atoms with Crippen molar-refractivity contribution in [1.82, 2.24) is 5.32 Å². The molecule has 0 radical (unpaired) electrons. The molecule has 0 spiro atoms. The summed E-state index contributed by atoms with van der Waals surface area (Å²) in [6.45, 7) is 10.6. The average molecular weight is 287 g/mol. The molecule has 1 fully saturated rings. The average Bonchev–Trinajstić information content (AvgIpc) is 2.83. The highest BCUT2D eigenvalue weighted by molar-refractivity contribution is 5.23. The summed E-state index contributed by atoms with van der Waals surface area (Å²) >= 11 is 0. The van der Waals surface area contributed by atoms with Crippen LogP contribution in [0.3, 0.4) is 0 Å². The van der Waals surface area contributed by atoms with Crippen LogP contribution in [0.1, 0.15) is 64.5 Å². The van der Waals surface area contributed by atoms with Crippen molar-refractivity contribution in [2.24, 2.45) is 11.3 Å². The summed E-state index contributed by atoms with van der Waals surface area (Å²) in [5, 5.41) is 3.84. The maximum Gasteiger partial charge on any atom is 0.0141 e. The molecule has 1 aliphatic carbocycles. The van der Waals surface area contributed by atoms with E-state index in [2.05, 4.69) is 57.3 Å². The zero-order valence-corrected chi connectivity index (χ0v) is 14.4. The second-order valence-electron chi connectivity index (χ2n) is 7.42. The number of nitrogens with one attached hydrogen (secondary N) is 1. The molecule has 1 aromatic rings. The molecule has 1 aliphatic rings. The SMILES string of the molecule is CCCNC(Cc1ccc(CC)cc1)C1CCCC1(C)C. The highest BCUT2D eigenvalue weighted by Gasteiger charge is 2.39. The van der Waals surface area contributed by atoms with Gasteiger partial charge in [0, 0.05) is 6.04 Å². The lowest BCUT2D eigenvalue weighted by Gasteiger charge is -2.35. The Hall–Kier alpha value is -0.820. The van der Waals surface area contributed by atoms with E-state index in [9.17, 15) is 0 Å². The van der Waals surface area contributed by atoms with E-state index in [-0.39, 0.29) is 0 Å². The van der Waals surface area contributed by atoms with Crippen molar-refractivity contribution >= 4 is 0 Å². The molecule has 1 N–H and O–H groups in total. The van der Waals surface area contributed by atoms with Gasteiger partial charge in [0.05, 0.1) is 0 Å². The number of aryl methyl sites for hydroxylation is 1. The van der Waals surface area contributed by atoms with E-state index >= 15 is 0 Å². The summed E-state index contributed by atoms with van der Waals surface area (Å²) in [6, 6.07) is 9.90. The van der Waals surface area contributed by atoms with Crippen molar-refractivity contribution < 1.29 is 0 Å². The second-order valence-corrected chi connectivity index (χ2v) is 7.42. The van der Waals surface area contributed by atoms with Crippen LogP contribution in [0.2, 0.25) is 0 Å². The zero-order valence-electron chi connectivity index (χ0n) is 14.4. The topological polar surface area (TPSA) is 12.0 Å². The maximum atomic E-state index is 3.84. The highest BCUT2D eigenvalue weighted by atomic mass is 14.9. The largest absolute Gasteiger partial charge is 0.313 e. The van der Waals surface area contributed by atoms with Gasteiger partial charge < -0.3 is 5.32 Å². The van der Waals surface area contributed by atoms with Crippen molar-refractivity contribution in [3.8, 4) is 0 Å². The van der Waals surface area contributed by atoms with Crippen LogP contribution in [0, 0.1) is 11.3 Å². The van der Waals surface area contributed by atoms with Gasteiger partial charge in [0.15, 0.2) is 0 Å². The Balaban J connectivity index is 2.08. The minimum absolute atomic E-state index is 0.495. The molecule has 2 atom stereocenters. The van der Waals surface area contributed by atoms with Gasteiger partial charge in [-0.3, -0.25) is 0 Å². The lowest BCUT2D eigenvalue weighted by atomic mass is 9.76. The molecule has 0 aromatic heterocycles. The maximum absolute atomic E-state index is 3.84. The van der Waals surface area contributed by atoms with Crippen molar-refractivity contribution in [1.29, 1.82) is 0 Å². The number of hydrogen-bond donors (Lipinski definition) is 1. The first-order valence-corrected chi connectivity index (χ1v) is 8.88. The first-order chi connectivity index (χ1) is 10.1. The third-order valence-electron chi connectivity index (χ3n) is 5.37. The summed E-state index contributed by atoms with van der Waals surface area (Å²) in [7, 11) is 0. The van der Waals surface area contributed by atoms with Crippen LogP contribution in [-0.4, -0.2) is 12.6 Å². The fourth-order valence-corrected chi connectivity index (χ4v) is 3.95. The van der Waals surface area contributed by atoms with Gasteiger partial charge in [-0.25, -0.2) is 0 Å². The summed E-state index contributed by atoms with van der Waals surface area (Å²) in [6.07, 6.45) is 7.71. The molecule has 0 heterocycles. The van der Waals surface area contributed by atoms with Crippen LogP contribution < -0.4 is 5.32 Å². The van der Waals surface area contributed by atoms with Gasteiger partial charge in [-0.05, 0) is 61.1 Å². The van der Waals surface area contributed by atoms with E-state index in [1.807, 2.05) is 0 Å². The van der Waals surface area contributed by atoms with Crippen molar-refractivity contribution in [3.05, 3.63) is 35.4 Å². The summed E-state index contributed by atoms with van der Waals surface area (Å²) < 4.78 is 0. The van der Waals surface area contributed by atoms with Crippen molar-refractivity contribution in [3.63, 3.8) is 0 Å². The summed E-state index contributed by atoms with van der Waals surface area (Å²) in [4.78, 5) is 0. The van der Waals surface area contributed by atoms with Gasteiger partial charge in [-0.1, -0.05) is 58.4 Å². The molecule has 1 aromatic carbocycles. The van der Waals surface area contributed by atoms with E-state index in [1.54, 1.807) is 0 Å². The Morgan fingerprint density at radius 2 is 1.81 bits per heavy atom. The first kappa shape index (κ1) is 16.5. The quantitative estimate of drug-likeness (QED) is 0.745. The fraction of sp³-hybridized carbons (Fsp3) is 0.700. The Morgan fingerprint density at radius 1 is 1.14 bits per heavy atom. The fourth-order valence-electron chi connectivity index (χ4n) is 3.95. The van der Waals surface area contributed by atoms with E-state index < -0.39 is 0 Å². The standard InChI is InChI=1S/C20H33N/c1-5-14-21-19(18-8-7-13-20(18,3)4)15-17-11-9-16(6-2)10-12-17/h9-12,18-19,21H,5-8,13-15H2,1-4H3. The molecule has 21 heavy (non-hydrogen) atoms. The molecule has 0 bridgehead atoms. The van der Waals surface area contributed by atoms with E-state index in [0.717, 1.165) is 18.9 Å². The Kier molecular flexibility index (Phi) is 5.87. The van der Waals surface area contributed by atoms with Crippen LogP contribution in [0.4, 0.5) is 0 Å². The normalized spacial score (nSPS) is 22.4. The molecule has 2 unspecified atom stereocenters. The van der Waals surface area contributed by atoms with Crippen LogP contribution >= 0.6 is 0 Å². The molecule has 2 rings (SSSR count). The molecular weight excluding hydrogens is 254 g/mol. The first-order valence-electron chi connectivity index (χ1n) is 8.88. The molecule has 0 saturated heterocycles. The van der Waals surface area contributed by atoms with Gasteiger partial charge in [-0.2, -0.15) is 0 Å². The molecule has 118 valence electrons. The third-order valence-corrected chi connectivity index (χ3v) is 5.37. The minimum atomic E-state index is 0.495. The molecule has 1 heteroatoms. The summed E-state index contributed by atoms with van der Waals surface area (Å²) in [5.41, 5.74) is 3.43. The van der Waals surface area contributed by atoms with Gasteiger partial charge in [0.1, 0.15) is 0 Å². The smallest absolute Gasteiger partial charge is 0.0141 e. The van der Waals surface area contributed by atoms with Crippen LogP contribution in [-0.2, 0) is 12.8 Å². The third kappa shape index (κ3) is 4.32. The van der Waals surface area contributed by atoms with Crippen molar-refractivity contribution in [2.75, 3.05) is 6.54 Å². The van der Waals surface area contributed by atoms with Crippen LogP contribution in [0.25, 0.3) is 0 Å². The molecular formula is C20H33N.